The van der Waals surface area contributed by atoms with Gasteiger partial charge in [0.1, 0.15) is 11.6 Å². The summed E-state index contributed by atoms with van der Waals surface area (Å²) in [4.78, 5) is 12.0. The zero-order valence-corrected chi connectivity index (χ0v) is 11.6. The molecule has 104 valence electrons. The number of ether oxygens (including phenoxy) is 1. The van der Waals surface area contributed by atoms with Gasteiger partial charge in [-0.25, -0.2) is 9.18 Å². The van der Waals surface area contributed by atoms with Gasteiger partial charge in [-0.15, -0.1) is 11.8 Å². The Labute approximate surface area is 120 Å². The third kappa shape index (κ3) is 3.30. The van der Waals surface area contributed by atoms with Gasteiger partial charge in [0.15, 0.2) is 0 Å². The van der Waals surface area contributed by atoms with E-state index in [2.05, 4.69) is 4.74 Å². The molecule has 0 aliphatic carbocycles. The lowest BCUT2D eigenvalue weighted by molar-refractivity contribution is 0.0595. The number of benzene rings is 2. The zero-order valence-electron chi connectivity index (χ0n) is 10.8. The van der Waals surface area contributed by atoms with Gasteiger partial charge >= 0.3 is 5.97 Å². The summed E-state index contributed by atoms with van der Waals surface area (Å²) in [6.45, 7) is 0. The Morgan fingerprint density at radius 1 is 1.30 bits per heavy atom. The number of phenolic OH excluding ortho intramolecular Hbond substituents is 1. The van der Waals surface area contributed by atoms with Crippen molar-refractivity contribution in [1.29, 1.82) is 0 Å². The van der Waals surface area contributed by atoms with E-state index in [9.17, 15) is 14.3 Å². The molecular weight excluding hydrogens is 279 g/mol. The van der Waals surface area contributed by atoms with E-state index < -0.39 is 11.8 Å². The Kier molecular flexibility index (Phi) is 4.63. The molecule has 0 heterocycles. The highest BCUT2D eigenvalue weighted by molar-refractivity contribution is 7.98. The van der Waals surface area contributed by atoms with Crippen LogP contribution in [0.3, 0.4) is 0 Å². The van der Waals surface area contributed by atoms with Crippen LogP contribution in [0, 0.1) is 5.82 Å². The maximum Gasteiger partial charge on any atom is 0.340 e. The van der Waals surface area contributed by atoms with Crippen molar-refractivity contribution in [1.82, 2.24) is 0 Å². The van der Waals surface area contributed by atoms with E-state index in [1.165, 1.54) is 31.0 Å². The van der Waals surface area contributed by atoms with Crippen molar-refractivity contribution in [2.45, 2.75) is 10.6 Å². The second-order valence-electron chi connectivity index (χ2n) is 4.06. The normalized spacial score (nSPS) is 10.3. The number of hydrogen-bond donors (Lipinski definition) is 1. The number of aromatic hydroxyl groups is 1. The highest BCUT2D eigenvalue weighted by atomic mass is 32.2. The Hall–Kier alpha value is -2.01. The molecule has 5 heteroatoms. The number of rotatable bonds is 4. The highest BCUT2D eigenvalue weighted by Crippen LogP contribution is 2.30. The topological polar surface area (TPSA) is 46.5 Å². The van der Waals surface area contributed by atoms with Crippen LogP contribution >= 0.6 is 11.8 Å². The number of carbonyl (C=O) groups is 1. The zero-order chi connectivity index (χ0) is 14.5. The average molecular weight is 292 g/mol. The summed E-state index contributed by atoms with van der Waals surface area (Å²) >= 11 is 1.40. The van der Waals surface area contributed by atoms with E-state index in [1.807, 2.05) is 6.07 Å². The molecule has 0 aliphatic heterocycles. The van der Waals surface area contributed by atoms with Crippen LogP contribution in [-0.2, 0) is 10.5 Å². The Morgan fingerprint density at radius 3 is 2.70 bits per heavy atom. The molecule has 0 saturated heterocycles. The largest absolute Gasteiger partial charge is 0.507 e. The maximum atomic E-state index is 13.7. The average Bonchev–Trinajstić information content (AvgIpc) is 2.46. The second-order valence-corrected chi connectivity index (χ2v) is 5.08. The van der Waals surface area contributed by atoms with Gasteiger partial charge in [-0.1, -0.05) is 18.2 Å². The van der Waals surface area contributed by atoms with E-state index in [-0.39, 0.29) is 11.3 Å². The predicted octanol–water partition coefficient (Wildman–Crippen LogP) is 3.61. The summed E-state index contributed by atoms with van der Waals surface area (Å²) in [5, 5.41) is 9.64. The SMILES string of the molecule is COC(=O)c1ccc(CSc2ccccc2O)cc1F. The lowest BCUT2D eigenvalue weighted by atomic mass is 10.1. The van der Waals surface area contributed by atoms with Crippen molar-refractivity contribution >= 4 is 17.7 Å². The third-order valence-electron chi connectivity index (χ3n) is 2.70. The minimum atomic E-state index is -0.692. The fraction of sp³-hybridized carbons (Fsp3) is 0.133. The second kappa shape index (κ2) is 6.43. The van der Waals surface area contributed by atoms with Crippen LogP contribution in [0.15, 0.2) is 47.4 Å². The van der Waals surface area contributed by atoms with Gasteiger partial charge < -0.3 is 9.84 Å². The number of thioether (sulfide) groups is 1. The van der Waals surface area contributed by atoms with Crippen LogP contribution in [0.5, 0.6) is 5.75 Å². The maximum absolute atomic E-state index is 13.7. The summed E-state index contributed by atoms with van der Waals surface area (Å²) in [5.41, 5.74) is 0.646. The molecule has 0 aliphatic rings. The standard InChI is InChI=1S/C15H13FO3S/c1-19-15(18)11-7-6-10(8-12(11)16)9-20-14-5-3-2-4-13(14)17/h2-8,17H,9H2,1H3. The molecule has 3 nitrogen and oxygen atoms in total. The van der Waals surface area contributed by atoms with Crippen LogP contribution in [-0.4, -0.2) is 18.2 Å². The molecule has 2 aromatic carbocycles. The van der Waals surface area contributed by atoms with Crippen LogP contribution in [0.2, 0.25) is 0 Å². The van der Waals surface area contributed by atoms with Crippen molar-refractivity contribution in [2.75, 3.05) is 7.11 Å². The fourth-order valence-electron chi connectivity index (χ4n) is 1.66. The molecule has 1 N–H and O–H groups in total. The minimum Gasteiger partial charge on any atom is -0.507 e. The monoisotopic (exact) mass is 292 g/mol. The van der Waals surface area contributed by atoms with Gasteiger partial charge in [0, 0.05) is 10.6 Å². The fourth-order valence-corrected chi connectivity index (χ4v) is 2.56. The predicted molar refractivity (Wildman–Crippen MR) is 75.4 cm³/mol. The highest BCUT2D eigenvalue weighted by Gasteiger charge is 2.12. The Balaban J connectivity index is 2.10. The third-order valence-corrected chi connectivity index (χ3v) is 3.83. The van der Waals surface area contributed by atoms with E-state index in [1.54, 1.807) is 24.3 Å². The Morgan fingerprint density at radius 2 is 2.05 bits per heavy atom. The van der Waals surface area contributed by atoms with E-state index in [4.69, 9.17) is 0 Å². The molecule has 0 unspecified atom stereocenters. The summed E-state index contributed by atoms with van der Waals surface area (Å²) in [7, 11) is 1.21. The molecule has 2 rings (SSSR count). The van der Waals surface area contributed by atoms with Gasteiger partial charge in [-0.05, 0) is 29.8 Å². The van der Waals surface area contributed by atoms with E-state index in [0.29, 0.717) is 5.75 Å². The smallest absolute Gasteiger partial charge is 0.340 e. The number of methoxy groups -OCH3 is 1. The van der Waals surface area contributed by atoms with Crippen molar-refractivity contribution in [2.24, 2.45) is 0 Å². The number of esters is 1. The van der Waals surface area contributed by atoms with Crippen molar-refractivity contribution < 1.29 is 19.0 Å². The first-order valence-corrected chi connectivity index (χ1v) is 6.88. The van der Waals surface area contributed by atoms with E-state index >= 15 is 0 Å². The van der Waals surface area contributed by atoms with Crippen LogP contribution < -0.4 is 0 Å². The molecule has 0 saturated carbocycles. The van der Waals surface area contributed by atoms with Crippen molar-refractivity contribution in [3.8, 4) is 5.75 Å². The van der Waals surface area contributed by atoms with Crippen molar-refractivity contribution in [3.05, 3.63) is 59.4 Å². The molecule has 0 amide bonds. The molecule has 20 heavy (non-hydrogen) atoms. The van der Waals surface area contributed by atoms with Gasteiger partial charge in [-0.3, -0.25) is 0 Å². The number of para-hydroxylation sites is 1. The molecule has 0 radical (unpaired) electrons. The summed E-state index contributed by atoms with van der Waals surface area (Å²) in [6.07, 6.45) is 0. The van der Waals surface area contributed by atoms with Crippen LogP contribution in [0.1, 0.15) is 15.9 Å². The number of carbonyl (C=O) groups excluding carboxylic acids is 1. The molecule has 0 atom stereocenters. The van der Waals surface area contributed by atoms with Crippen LogP contribution in [0.4, 0.5) is 4.39 Å². The molecular formula is C15H13FO3S. The first kappa shape index (κ1) is 14.4. The first-order valence-electron chi connectivity index (χ1n) is 5.89. The molecule has 2 aromatic rings. The van der Waals surface area contributed by atoms with Crippen molar-refractivity contribution in [3.63, 3.8) is 0 Å². The Bertz CT molecular complexity index is 628. The van der Waals surface area contributed by atoms with Crippen LogP contribution in [0.25, 0.3) is 0 Å². The number of halogens is 1. The van der Waals surface area contributed by atoms with Gasteiger partial charge in [-0.2, -0.15) is 0 Å². The van der Waals surface area contributed by atoms with Gasteiger partial charge in [0.05, 0.1) is 12.7 Å². The lowest BCUT2D eigenvalue weighted by Crippen LogP contribution is -2.04. The quantitative estimate of drug-likeness (QED) is 0.690. The van der Waals surface area contributed by atoms with Gasteiger partial charge in [0.25, 0.3) is 0 Å². The molecule has 0 bridgehead atoms. The minimum absolute atomic E-state index is 0.0798. The molecule has 0 fully saturated rings. The molecule has 0 aromatic heterocycles. The van der Waals surface area contributed by atoms with E-state index in [0.717, 1.165) is 10.5 Å². The summed E-state index contributed by atoms with van der Waals surface area (Å²) < 4.78 is 18.2. The van der Waals surface area contributed by atoms with Gasteiger partial charge in [0.2, 0.25) is 0 Å². The lowest BCUT2D eigenvalue weighted by Gasteiger charge is -2.06. The molecule has 0 spiro atoms. The first-order chi connectivity index (χ1) is 9.61. The summed E-state index contributed by atoms with van der Waals surface area (Å²) in [5.74, 6) is -0.602. The number of phenols is 1. The number of hydrogen-bond acceptors (Lipinski definition) is 4. The summed E-state index contributed by atoms with van der Waals surface area (Å²) in [6, 6.07) is 11.3.